The molecule has 0 unspecified atom stereocenters. The van der Waals surface area contributed by atoms with Crippen molar-refractivity contribution in [3.8, 4) is 0 Å². The van der Waals surface area contributed by atoms with Crippen LogP contribution in [0.2, 0.25) is 0 Å². The standard InChI is InChI=1S/C18H24N2O2/c1-12(2)17(20-11-5-8-16(20)21)18(22)19-15-10-9-13-6-3-4-7-14(13)15/h3-4,6-7,12,15,17H,5,8-11H2,1-2H3,(H,19,22)/t15-,17-/m1/s1. The second-order valence-corrected chi connectivity index (χ2v) is 6.68. The highest BCUT2D eigenvalue weighted by Gasteiger charge is 2.36. The van der Waals surface area contributed by atoms with Crippen molar-refractivity contribution >= 4 is 11.8 Å². The number of carbonyl (C=O) groups is 2. The number of nitrogens with zero attached hydrogens (tertiary/aromatic N) is 1. The lowest BCUT2D eigenvalue weighted by Gasteiger charge is -2.31. The zero-order chi connectivity index (χ0) is 15.7. The van der Waals surface area contributed by atoms with Crippen molar-refractivity contribution < 1.29 is 9.59 Å². The summed E-state index contributed by atoms with van der Waals surface area (Å²) >= 11 is 0. The van der Waals surface area contributed by atoms with Crippen LogP contribution in [0.4, 0.5) is 0 Å². The molecule has 3 rings (SSSR count). The molecular formula is C18H24N2O2. The molecule has 1 heterocycles. The summed E-state index contributed by atoms with van der Waals surface area (Å²) in [6, 6.07) is 8.03. The topological polar surface area (TPSA) is 49.4 Å². The van der Waals surface area contributed by atoms with Crippen molar-refractivity contribution in [3.05, 3.63) is 35.4 Å². The summed E-state index contributed by atoms with van der Waals surface area (Å²) in [5, 5.41) is 3.18. The van der Waals surface area contributed by atoms with Gasteiger partial charge < -0.3 is 10.2 Å². The Hall–Kier alpha value is -1.84. The predicted octanol–water partition coefficient (Wildman–Crippen LogP) is 2.44. The van der Waals surface area contributed by atoms with E-state index in [0.717, 1.165) is 19.3 Å². The number of benzene rings is 1. The molecule has 2 atom stereocenters. The number of likely N-dealkylation sites (tertiary alicyclic amines) is 1. The summed E-state index contributed by atoms with van der Waals surface area (Å²) in [4.78, 5) is 26.5. The van der Waals surface area contributed by atoms with Crippen molar-refractivity contribution in [2.24, 2.45) is 5.92 Å². The van der Waals surface area contributed by atoms with Gasteiger partial charge in [0.2, 0.25) is 11.8 Å². The average molecular weight is 300 g/mol. The summed E-state index contributed by atoms with van der Waals surface area (Å²) in [6.45, 7) is 4.73. The fraction of sp³-hybridized carbons (Fsp3) is 0.556. The molecule has 1 N–H and O–H groups in total. The molecule has 1 aromatic rings. The number of fused-ring (bicyclic) bond motifs is 1. The molecule has 0 aromatic heterocycles. The molecule has 4 heteroatoms. The third kappa shape index (κ3) is 2.74. The lowest BCUT2D eigenvalue weighted by molar-refractivity contribution is -0.139. The van der Waals surface area contributed by atoms with Gasteiger partial charge in [0.15, 0.2) is 0 Å². The van der Waals surface area contributed by atoms with Crippen LogP contribution in [-0.2, 0) is 16.0 Å². The molecule has 22 heavy (non-hydrogen) atoms. The smallest absolute Gasteiger partial charge is 0.243 e. The molecule has 0 spiro atoms. The molecule has 1 saturated heterocycles. The van der Waals surface area contributed by atoms with Gasteiger partial charge in [0, 0.05) is 13.0 Å². The zero-order valence-corrected chi connectivity index (χ0v) is 13.3. The Labute approximate surface area is 131 Å². The van der Waals surface area contributed by atoms with E-state index in [-0.39, 0.29) is 29.8 Å². The van der Waals surface area contributed by atoms with Crippen LogP contribution >= 0.6 is 0 Å². The SMILES string of the molecule is CC(C)[C@H](C(=O)N[C@@H]1CCc2ccccc21)N1CCCC1=O. The van der Waals surface area contributed by atoms with Crippen LogP contribution in [-0.4, -0.2) is 29.3 Å². The Balaban J connectivity index is 1.74. The van der Waals surface area contributed by atoms with Gasteiger partial charge in [-0.2, -0.15) is 0 Å². The van der Waals surface area contributed by atoms with Crippen molar-refractivity contribution in [1.29, 1.82) is 0 Å². The monoisotopic (exact) mass is 300 g/mol. The number of rotatable bonds is 4. The number of carbonyl (C=O) groups excluding carboxylic acids is 2. The first-order valence-corrected chi connectivity index (χ1v) is 8.25. The molecule has 1 aliphatic carbocycles. The van der Waals surface area contributed by atoms with Crippen molar-refractivity contribution in [2.45, 2.75) is 51.6 Å². The van der Waals surface area contributed by atoms with Crippen LogP contribution in [0.5, 0.6) is 0 Å². The third-order valence-electron chi connectivity index (χ3n) is 4.80. The average Bonchev–Trinajstić information content (AvgIpc) is 3.07. The van der Waals surface area contributed by atoms with Gasteiger partial charge in [-0.15, -0.1) is 0 Å². The molecule has 2 amide bonds. The van der Waals surface area contributed by atoms with E-state index in [2.05, 4.69) is 17.4 Å². The van der Waals surface area contributed by atoms with Crippen molar-refractivity contribution in [2.75, 3.05) is 6.54 Å². The van der Waals surface area contributed by atoms with Crippen LogP contribution in [0.15, 0.2) is 24.3 Å². The highest BCUT2D eigenvalue weighted by Crippen LogP contribution is 2.31. The van der Waals surface area contributed by atoms with E-state index in [0.29, 0.717) is 13.0 Å². The normalized spacial score (nSPS) is 22.0. The maximum atomic E-state index is 12.8. The fourth-order valence-corrected chi connectivity index (χ4v) is 3.73. The first kappa shape index (κ1) is 15.1. The Morgan fingerprint density at radius 3 is 2.73 bits per heavy atom. The van der Waals surface area contributed by atoms with Crippen LogP contribution in [0.1, 0.15) is 50.3 Å². The molecule has 2 aliphatic rings. The minimum absolute atomic E-state index is 0.00745. The molecular weight excluding hydrogens is 276 g/mol. The number of nitrogens with one attached hydrogen (secondary N) is 1. The molecule has 1 aliphatic heterocycles. The van der Waals surface area contributed by atoms with E-state index >= 15 is 0 Å². The summed E-state index contributed by atoms with van der Waals surface area (Å²) in [5.41, 5.74) is 2.55. The van der Waals surface area contributed by atoms with Gasteiger partial charge in [-0.25, -0.2) is 0 Å². The first-order valence-electron chi connectivity index (χ1n) is 8.25. The molecule has 0 bridgehead atoms. The molecule has 118 valence electrons. The molecule has 4 nitrogen and oxygen atoms in total. The van der Waals surface area contributed by atoms with Crippen molar-refractivity contribution in [1.82, 2.24) is 10.2 Å². The second kappa shape index (κ2) is 6.11. The number of hydrogen-bond donors (Lipinski definition) is 1. The minimum Gasteiger partial charge on any atom is -0.347 e. The molecule has 0 radical (unpaired) electrons. The van der Waals surface area contributed by atoms with Gasteiger partial charge in [0.1, 0.15) is 6.04 Å². The van der Waals surface area contributed by atoms with Gasteiger partial charge >= 0.3 is 0 Å². The predicted molar refractivity (Wildman–Crippen MR) is 85.2 cm³/mol. The molecule has 1 aromatic carbocycles. The highest BCUT2D eigenvalue weighted by molar-refractivity contribution is 5.89. The Kier molecular flexibility index (Phi) is 4.19. The van der Waals surface area contributed by atoms with Gasteiger partial charge in [-0.3, -0.25) is 9.59 Å². The number of amides is 2. The van der Waals surface area contributed by atoms with Crippen LogP contribution < -0.4 is 5.32 Å². The summed E-state index contributed by atoms with van der Waals surface area (Å²) < 4.78 is 0. The van der Waals surface area contributed by atoms with E-state index in [4.69, 9.17) is 0 Å². The van der Waals surface area contributed by atoms with Crippen LogP contribution in [0.25, 0.3) is 0 Å². The van der Waals surface area contributed by atoms with Crippen LogP contribution in [0.3, 0.4) is 0 Å². The highest BCUT2D eigenvalue weighted by atomic mass is 16.2. The minimum atomic E-state index is -0.345. The summed E-state index contributed by atoms with van der Waals surface area (Å²) in [5.74, 6) is 0.228. The Morgan fingerprint density at radius 1 is 1.27 bits per heavy atom. The van der Waals surface area contributed by atoms with Gasteiger partial charge in [-0.1, -0.05) is 38.1 Å². The van der Waals surface area contributed by atoms with Gasteiger partial charge in [-0.05, 0) is 36.3 Å². The number of hydrogen-bond acceptors (Lipinski definition) is 2. The van der Waals surface area contributed by atoms with E-state index in [9.17, 15) is 9.59 Å². The fourth-order valence-electron chi connectivity index (χ4n) is 3.73. The van der Waals surface area contributed by atoms with E-state index in [1.165, 1.54) is 11.1 Å². The number of aryl methyl sites for hydroxylation is 1. The summed E-state index contributed by atoms with van der Waals surface area (Å²) in [6.07, 6.45) is 3.39. The van der Waals surface area contributed by atoms with E-state index in [1.54, 1.807) is 4.90 Å². The lowest BCUT2D eigenvalue weighted by atomic mass is 10.0. The van der Waals surface area contributed by atoms with Gasteiger partial charge in [0.25, 0.3) is 0 Å². The van der Waals surface area contributed by atoms with Crippen molar-refractivity contribution in [3.63, 3.8) is 0 Å². The Morgan fingerprint density at radius 2 is 2.05 bits per heavy atom. The second-order valence-electron chi connectivity index (χ2n) is 6.68. The Bertz CT molecular complexity index is 582. The van der Waals surface area contributed by atoms with Gasteiger partial charge in [0.05, 0.1) is 6.04 Å². The van der Waals surface area contributed by atoms with E-state index in [1.807, 2.05) is 26.0 Å². The molecule has 1 fully saturated rings. The zero-order valence-electron chi connectivity index (χ0n) is 13.3. The largest absolute Gasteiger partial charge is 0.347 e. The third-order valence-corrected chi connectivity index (χ3v) is 4.80. The van der Waals surface area contributed by atoms with E-state index < -0.39 is 0 Å². The lowest BCUT2D eigenvalue weighted by Crippen LogP contribution is -2.50. The maximum absolute atomic E-state index is 12.8. The quantitative estimate of drug-likeness (QED) is 0.928. The molecule has 0 saturated carbocycles. The van der Waals surface area contributed by atoms with Crippen LogP contribution in [0, 0.1) is 5.92 Å². The first-order chi connectivity index (χ1) is 10.6. The maximum Gasteiger partial charge on any atom is 0.243 e. The summed E-state index contributed by atoms with van der Waals surface area (Å²) in [7, 11) is 0.